The molecule has 160 valence electrons. The fourth-order valence-corrected chi connectivity index (χ4v) is 3.83. The van der Waals surface area contributed by atoms with Crippen LogP contribution in [0.25, 0.3) is 16.7 Å². The Morgan fingerprint density at radius 2 is 1.72 bits per heavy atom. The number of aromatic nitrogens is 4. The van der Waals surface area contributed by atoms with Crippen molar-refractivity contribution >= 4 is 34.1 Å². The molecule has 0 bridgehead atoms. The summed E-state index contributed by atoms with van der Waals surface area (Å²) in [4.78, 5) is 14.1. The maximum absolute atomic E-state index is 5.25. The minimum absolute atomic E-state index is 0.624. The number of methoxy groups -OCH3 is 1. The molecule has 0 radical (unpaired) electrons. The third kappa shape index (κ3) is 3.58. The molecule has 0 unspecified atom stereocenters. The molecule has 2 aromatic carbocycles. The van der Waals surface area contributed by atoms with Crippen molar-refractivity contribution in [2.24, 2.45) is 0 Å². The number of nitrogens with one attached hydrogen (secondary N) is 2. The molecule has 0 saturated heterocycles. The number of hydrogen-bond donors (Lipinski definition) is 2. The van der Waals surface area contributed by atoms with Crippen LogP contribution in [-0.4, -0.2) is 26.5 Å². The molecular weight excluding hydrogens is 400 g/mol. The summed E-state index contributed by atoms with van der Waals surface area (Å²) in [5.74, 6) is 2.29. The van der Waals surface area contributed by atoms with Gasteiger partial charge in [0.2, 0.25) is 5.95 Å². The van der Waals surface area contributed by atoms with Crippen molar-refractivity contribution in [1.29, 1.82) is 0 Å². The van der Waals surface area contributed by atoms with Gasteiger partial charge in [0.1, 0.15) is 16.8 Å². The maximum Gasteiger partial charge on any atom is 0.209 e. The first-order valence-electron chi connectivity index (χ1n) is 10.5. The summed E-state index contributed by atoms with van der Waals surface area (Å²) in [5, 5.41) is 6.98. The van der Waals surface area contributed by atoms with E-state index in [-0.39, 0.29) is 0 Å². The lowest BCUT2D eigenvalue weighted by atomic mass is 10.1. The molecule has 5 aromatic rings. The lowest BCUT2D eigenvalue weighted by molar-refractivity contribution is 0.414. The summed E-state index contributed by atoms with van der Waals surface area (Å²) in [5.41, 5.74) is 6.91. The molecule has 5 rings (SSSR count). The molecular formula is C25H24N6O. The van der Waals surface area contributed by atoms with E-state index >= 15 is 0 Å². The molecule has 0 aliphatic rings. The van der Waals surface area contributed by atoms with Gasteiger partial charge in [0.15, 0.2) is 11.5 Å². The van der Waals surface area contributed by atoms with Crippen LogP contribution in [0.15, 0.2) is 67.0 Å². The zero-order valence-electron chi connectivity index (χ0n) is 18.3. The molecule has 0 spiro atoms. The highest BCUT2D eigenvalue weighted by atomic mass is 16.5. The number of pyridine rings is 1. The Kier molecular flexibility index (Phi) is 5.07. The maximum atomic E-state index is 5.25. The van der Waals surface area contributed by atoms with Gasteiger partial charge in [0.25, 0.3) is 0 Å². The Hall–Kier alpha value is -4.13. The Labute approximate surface area is 186 Å². The summed E-state index contributed by atoms with van der Waals surface area (Å²) in [6.45, 7) is 4.81. The van der Waals surface area contributed by atoms with Gasteiger partial charge in [0, 0.05) is 18.4 Å². The first-order valence-corrected chi connectivity index (χ1v) is 10.5. The number of nitrogens with zero attached hydrogens (tertiary/aromatic N) is 4. The molecule has 7 heteroatoms. The molecule has 0 aliphatic heterocycles. The van der Waals surface area contributed by atoms with E-state index in [0.717, 1.165) is 50.6 Å². The zero-order valence-corrected chi connectivity index (χ0v) is 18.3. The molecule has 3 heterocycles. The van der Waals surface area contributed by atoms with E-state index in [1.807, 2.05) is 47.0 Å². The molecule has 2 N–H and O–H groups in total. The van der Waals surface area contributed by atoms with Crippen molar-refractivity contribution in [1.82, 2.24) is 19.4 Å². The average Bonchev–Trinajstić information content (AvgIpc) is 3.25. The van der Waals surface area contributed by atoms with Crippen LogP contribution < -0.4 is 15.4 Å². The van der Waals surface area contributed by atoms with Crippen LogP contribution in [0.1, 0.15) is 16.7 Å². The van der Waals surface area contributed by atoms with Crippen LogP contribution in [0.5, 0.6) is 5.75 Å². The van der Waals surface area contributed by atoms with E-state index in [9.17, 15) is 0 Å². The number of imidazole rings is 1. The van der Waals surface area contributed by atoms with Gasteiger partial charge in [-0.2, -0.15) is 0 Å². The molecule has 32 heavy (non-hydrogen) atoms. The second kappa shape index (κ2) is 8.19. The molecule has 0 aliphatic carbocycles. The SMILES string of the molecule is COc1ccc(CNc2ncc3c(Nc4c(C)cccc4C)nc4cccnc4n23)cc1. The molecule has 3 aromatic heterocycles. The van der Waals surface area contributed by atoms with E-state index < -0.39 is 0 Å². The van der Waals surface area contributed by atoms with E-state index in [0.29, 0.717) is 12.5 Å². The van der Waals surface area contributed by atoms with Crippen LogP contribution in [0.4, 0.5) is 17.5 Å². The number of hydrogen-bond acceptors (Lipinski definition) is 6. The van der Waals surface area contributed by atoms with Gasteiger partial charge in [-0.05, 0) is 54.8 Å². The van der Waals surface area contributed by atoms with Gasteiger partial charge in [0.05, 0.1) is 13.3 Å². The smallest absolute Gasteiger partial charge is 0.209 e. The molecule has 0 saturated carbocycles. The lowest BCUT2D eigenvalue weighted by Crippen LogP contribution is -2.07. The number of rotatable bonds is 6. The van der Waals surface area contributed by atoms with E-state index in [1.165, 1.54) is 0 Å². The number of fused-ring (bicyclic) bond motifs is 3. The molecule has 0 amide bonds. The van der Waals surface area contributed by atoms with Crippen molar-refractivity contribution in [3.05, 3.63) is 83.7 Å². The van der Waals surface area contributed by atoms with Crippen LogP contribution >= 0.6 is 0 Å². The second-order valence-corrected chi connectivity index (χ2v) is 7.70. The minimum Gasteiger partial charge on any atom is -0.497 e. The topological polar surface area (TPSA) is 76.4 Å². The normalized spacial score (nSPS) is 11.1. The minimum atomic E-state index is 0.624. The number of anilines is 3. The predicted molar refractivity (Wildman–Crippen MR) is 128 cm³/mol. The van der Waals surface area contributed by atoms with Crippen molar-refractivity contribution in [3.8, 4) is 5.75 Å². The van der Waals surface area contributed by atoms with Crippen LogP contribution in [-0.2, 0) is 6.54 Å². The first kappa shape index (κ1) is 19.8. The van der Waals surface area contributed by atoms with E-state index in [2.05, 4.69) is 52.6 Å². The monoisotopic (exact) mass is 424 g/mol. The van der Waals surface area contributed by atoms with Crippen molar-refractivity contribution < 1.29 is 4.74 Å². The molecule has 7 nitrogen and oxygen atoms in total. The molecule has 0 atom stereocenters. The highest BCUT2D eigenvalue weighted by Gasteiger charge is 2.15. The van der Waals surface area contributed by atoms with Gasteiger partial charge in [-0.15, -0.1) is 0 Å². The van der Waals surface area contributed by atoms with Crippen LogP contribution in [0.2, 0.25) is 0 Å². The number of aryl methyl sites for hydroxylation is 2. The summed E-state index contributed by atoms with van der Waals surface area (Å²) < 4.78 is 7.26. The first-order chi connectivity index (χ1) is 15.6. The Bertz CT molecular complexity index is 1390. The lowest BCUT2D eigenvalue weighted by Gasteiger charge is -2.14. The molecule has 0 fully saturated rings. The summed E-state index contributed by atoms with van der Waals surface area (Å²) in [6, 6.07) is 18.1. The fourth-order valence-electron chi connectivity index (χ4n) is 3.83. The van der Waals surface area contributed by atoms with Gasteiger partial charge in [-0.3, -0.25) is 4.40 Å². The summed E-state index contributed by atoms with van der Waals surface area (Å²) in [6.07, 6.45) is 3.60. The van der Waals surface area contributed by atoms with Crippen LogP contribution in [0.3, 0.4) is 0 Å². The van der Waals surface area contributed by atoms with Crippen molar-refractivity contribution in [3.63, 3.8) is 0 Å². The van der Waals surface area contributed by atoms with E-state index in [4.69, 9.17) is 9.72 Å². The Balaban J connectivity index is 1.56. The Morgan fingerprint density at radius 1 is 0.938 bits per heavy atom. The third-order valence-corrected chi connectivity index (χ3v) is 5.55. The largest absolute Gasteiger partial charge is 0.497 e. The zero-order chi connectivity index (χ0) is 22.1. The fraction of sp³-hybridized carbons (Fsp3) is 0.160. The average molecular weight is 425 g/mol. The third-order valence-electron chi connectivity index (χ3n) is 5.55. The number of benzene rings is 2. The standard InChI is InChI=1S/C25H24N6O/c1-16-6-4-7-17(2)22(16)30-23-21-15-28-25(27-14-18-9-11-19(32-3)12-10-18)31(21)24-20(29-23)8-5-13-26-24/h4-13,15H,14H2,1-3H3,(H,27,28)(H,29,30). The van der Waals surface area contributed by atoms with Crippen molar-refractivity contribution in [2.45, 2.75) is 20.4 Å². The predicted octanol–water partition coefficient (Wildman–Crippen LogP) is 5.26. The van der Waals surface area contributed by atoms with Gasteiger partial charge >= 0.3 is 0 Å². The highest BCUT2D eigenvalue weighted by Crippen LogP contribution is 2.29. The second-order valence-electron chi connectivity index (χ2n) is 7.70. The Morgan fingerprint density at radius 3 is 2.47 bits per heavy atom. The van der Waals surface area contributed by atoms with Crippen molar-refractivity contribution in [2.75, 3.05) is 17.7 Å². The van der Waals surface area contributed by atoms with E-state index in [1.54, 1.807) is 13.3 Å². The number of ether oxygens (including phenoxy) is 1. The van der Waals surface area contributed by atoms with Crippen LogP contribution in [0, 0.1) is 13.8 Å². The quantitative estimate of drug-likeness (QED) is 0.387. The van der Waals surface area contributed by atoms with Gasteiger partial charge in [-0.25, -0.2) is 15.0 Å². The summed E-state index contributed by atoms with van der Waals surface area (Å²) >= 11 is 0. The highest BCUT2D eigenvalue weighted by molar-refractivity contribution is 5.86. The summed E-state index contributed by atoms with van der Waals surface area (Å²) in [7, 11) is 1.67. The number of para-hydroxylation sites is 1. The van der Waals surface area contributed by atoms with Gasteiger partial charge < -0.3 is 15.4 Å². The van der Waals surface area contributed by atoms with Gasteiger partial charge in [-0.1, -0.05) is 30.3 Å².